The van der Waals surface area contributed by atoms with Crippen LogP contribution in [0.25, 0.3) is 22.4 Å². The van der Waals surface area contributed by atoms with Crippen LogP contribution in [-0.2, 0) is 4.74 Å². The summed E-state index contributed by atoms with van der Waals surface area (Å²) in [5.41, 5.74) is 5.01. The van der Waals surface area contributed by atoms with Crippen LogP contribution in [0, 0.1) is 0 Å². The third-order valence-electron chi connectivity index (χ3n) is 4.82. The Hall–Kier alpha value is -4.05. The summed E-state index contributed by atoms with van der Waals surface area (Å²) in [5, 5.41) is 4.68. The maximum absolute atomic E-state index is 12.9. The van der Waals surface area contributed by atoms with Crippen LogP contribution in [0.1, 0.15) is 23.0 Å². The Morgan fingerprint density at radius 1 is 0.806 bits per heavy atom. The van der Waals surface area contributed by atoms with E-state index in [9.17, 15) is 4.79 Å². The van der Waals surface area contributed by atoms with Gasteiger partial charge in [0.2, 0.25) is 5.69 Å². The molecule has 0 saturated heterocycles. The normalized spacial score (nSPS) is 10.9. The highest BCUT2D eigenvalue weighted by molar-refractivity contribution is 5.88. The fourth-order valence-electron chi connectivity index (χ4n) is 3.34. The highest BCUT2D eigenvalue weighted by Gasteiger charge is 2.28. The van der Waals surface area contributed by atoms with Crippen molar-refractivity contribution in [2.24, 2.45) is 5.10 Å². The summed E-state index contributed by atoms with van der Waals surface area (Å²) < 4.78 is 7.03. The number of rotatable bonds is 6. The van der Waals surface area contributed by atoms with Crippen LogP contribution >= 0.6 is 0 Å². The second-order valence-corrected chi connectivity index (χ2v) is 6.93. The van der Waals surface area contributed by atoms with Crippen molar-refractivity contribution in [3.05, 3.63) is 114 Å². The smallest absolute Gasteiger partial charge is 0.406 e. The van der Waals surface area contributed by atoms with Crippen LogP contribution in [0.5, 0.6) is 0 Å². The summed E-state index contributed by atoms with van der Waals surface area (Å²) in [4.78, 5) is 12.9. The lowest BCUT2D eigenvalue weighted by Crippen LogP contribution is -2.39. The highest BCUT2D eigenvalue weighted by Crippen LogP contribution is 2.25. The van der Waals surface area contributed by atoms with Crippen LogP contribution in [-0.4, -0.2) is 18.8 Å². The second kappa shape index (κ2) is 9.63. The summed E-state index contributed by atoms with van der Waals surface area (Å²) in [6, 6.07) is 33.6. The molecule has 0 saturated carbocycles. The van der Waals surface area contributed by atoms with Crippen LogP contribution in [0.4, 0.5) is 0 Å². The van der Waals surface area contributed by atoms with E-state index in [1.165, 1.54) is 0 Å². The van der Waals surface area contributed by atoms with Gasteiger partial charge in [0.15, 0.2) is 0 Å². The number of carbonyl (C=O) groups is 1. The lowest BCUT2D eigenvalue weighted by Gasteiger charge is -2.08. The number of hydrogen-bond acceptors (Lipinski definition) is 3. The van der Waals surface area contributed by atoms with Gasteiger partial charge in [-0.05, 0) is 45.5 Å². The van der Waals surface area contributed by atoms with Crippen LogP contribution in [0.2, 0.25) is 0 Å². The van der Waals surface area contributed by atoms with E-state index in [1.807, 2.05) is 97.1 Å². The third kappa shape index (κ3) is 4.75. The van der Waals surface area contributed by atoms with Gasteiger partial charge in [-0.25, -0.2) is 4.79 Å². The monoisotopic (exact) mass is 407 g/mol. The van der Waals surface area contributed by atoms with Gasteiger partial charge in [0.05, 0.1) is 6.61 Å². The van der Waals surface area contributed by atoms with Crippen molar-refractivity contribution in [2.45, 2.75) is 6.92 Å². The molecule has 3 aromatic carbocycles. The van der Waals surface area contributed by atoms with E-state index in [4.69, 9.17) is 4.74 Å². The number of hydrogen-bond donors (Lipinski definition) is 0. The van der Waals surface area contributed by atoms with E-state index in [1.54, 1.807) is 17.8 Å². The van der Waals surface area contributed by atoms with E-state index in [2.05, 4.69) is 11.2 Å². The van der Waals surface area contributed by atoms with Gasteiger partial charge in [0, 0.05) is 17.7 Å². The van der Waals surface area contributed by atoms with E-state index in [-0.39, 0.29) is 6.61 Å². The van der Waals surface area contributed by atoms with Gasteiger partial charge < -0.3 is 4.74 Å². The SMILES string of the molecule is CCOC(=O)c1cc(-c2ccccc2)cc(-c2ccccc2)[n+]1/N=C\c1ccccc1. The average Bonchev–Trinajstić information content (AvgIpc) is 2.84. The molecule has 0 spiro atoms. The molecule has 31 heavy (non-hydrogen) atoms. The molecule has 0 fully saturated rings. The maximum Gasteiger partial charge on any atom is 0.406 e. The summed E-state index contributed by atoms with van der Waals surface area (Å²) in [6.45, 7) is 2.09. The average molecular weight is 407 g/mol. The van der Waals surface area contributed by atoms with Crippen molar-refractivity contribution < 1.29 is 14.2 Å². The predicted octanol–water partition coefficient (Wildman–Crippen LogP) is 5.37. The van der Waals surface area contributed by atoms with Crippen molar-refractivity contribution in [1.82, 2.24) is 0 Å². The van der Waals surface area contributed by atoms with Crippen molar-refractivity contribution >= 4 is 12.2 Å². The topological polar surface area (TPSA) is 42.5 Å². The summed E-state index contributed by atoms with van der Waals surface area (Å²) in [6.07, 6.45) is 1.75. The molecule has 4 heteroatoms. The molecule has 0 aliphatic heterocycles. The number of benzene rings is 3. The second-order valence-electron chi connectivity index (χ2n) is 6.93. The zero-order valence-electron chi connectivity index (χ0n) is 17.3. The molecular weight excluding hydrogens is 384 g/mol. The van der Waals surface area contributed by atoms with Gasteiger partial charge in [-0.2, -0.15) is 0 Å². The third-order valence-corrected chi connectivity index (χ3v) is 4.82. The van der Waals surface area contributed by atoms with Crippen LogP contribution in [0.3, 0.4) is 0 Å². The molecule has 0 N–H and O–H groups in total. The predicted molar refractivity (Wildman–Crippen MR) is 123 cm³/mol. The number of ether oxygens (including phenoxy) is 1. The molecule has 0 radical (unpaired) electrons. The van der Waals surface area contributed by atoms with Crippen molar-refractivity contribution in [3.63, 3.8) is 0 Å². The Bertz CT molecular complexity index is 1190. The summed E-state index contributed by atoms with van der Waals surface area (Å²) in [5.74, 6) is -0.414. The number of esters is 1. The molecule has 0 atom stereocenters. The first-order valence-electron chi connectivity index (χ1n) is 10.2. The lowest BCUT2D eigenvalue weighted by molar-refractivity contribution is -0.669. The fraction of sp³-hybridized carbons (Fsp3) is 0.0741. The van der Waals surface area contributed by atoms with Crippen LogP contribution in [0.15, 0.2) is 108 Å². The molecule has 0 amide bonds. The van der Waals surface area contributed by atoms with E-state index >= 15 is 0 Å². The molecule has 1 aromatic heterocycles. The zero-order valence-corrected chi connectivity index (χ0v) is 17.3. The first-order chi connectivity index (χ1) is 15.3. The van der Waals surface area contributed by atoms with E-state index in [0.29, 0.717) is 5.69 Å². The summed E-state index contributed by atoms with van der Waals surface area (Å²) >= 11 is 0. The minimum absolute atomic E-state index is 0.289. The van der Waals surface area contributed by atoms with Gasteiger partial charge in [0.25, 0.3) is 0 Å². The number of aromatic nitrogens is 1. The number of nitrogens with zero attached hydrogens (tertiary/aromatic N) is 2. The Kier molecular flexibility index (Phi) is 6.29. The van der Waals surface area contributed by atoms with Crippen molar-refractivity contribution in [2.75, 3.05) is 6.61 Å². The minimum Gasteiger partial charge on any atom is -0.458 e. The Balaban J connectivity index is 1.95. The largest absolute Gasteiger partial charge is 0.458 e. The molecule has 0 unspecified atom stereocenters. The zero-order chi connectivity index (χ0) is 21.5. The Morgan fingerprint density at radius 3 is 2.00 bits per heavy atom. The minimum atomic E-state index is -0.414. The first-order valence-corrected chi connectivity index (χ1v) is 10.2. The quantitative estimate of drug-likeness (QED) is 0.245. The highest BCUT2D eigenvalue weighted by atomic mass is 16.5. The Labute approximate surface area is 182 Å². The van der Waals surface area contributed by atoms with Gasteiger partial charge in [-0.3, -0.25) is 0 Å². The van der Waals surface area contributed by atoms with Gasteiger partial charge in [0.1, 0.15) is 6.21 Å². The lowest BCUT2D eigenvalue weighted by atomic mass is 10.0. The standard InChI is InChI=1S/C27H23N2O2/c1-2-31-27(30)26-19-24(22-14-8-4-9-15-22)18-25(23-16-10-5-11-17-23)29(26)28-20-21-12-6-3-7-13-21/h3-20H,2H2,1H3/q+1/b28-20-. The molecule has 1 heterocycles. The molecule has 4 nitrogen and oxygen atoms in total. The van der Waals surface area contributed by atoms with E-state index in [0.717, 1.165) is 27.9 Å². The first kappa shape index (κ1) is 20.2. The van der Waals surface area contributed by atoms with E-state index < -0.39 is 5.97 Å². The van der Waals surface area contributed by atoms with Crippen molar-refractivity contribution in [3.8, 4) is 22.4 Å². The summed E-state index contributed by atoms with van der Waals surface area (Å²) in [7, 11) is 0. The molecule has 152 valence electrons. The van der Waals surface area contributed by atoms with Gasteiger partial charge in [-0.15, -0.1) is 0 Å². The maximum atomic E-state index is 12.9. The molecule has 4 aromatic rings. The fourth-order valence-corrected chi connectivity index (χ4v) is 3.34. The van der Waals surface area contributed by atoms with Gasteiger partial charge in [-0.1, -0.05) is 78.9 Å². The molecule has 0 aliphatic carbocycles. The number of carbonyl (C=O) groups excluding carboxylic acids is 1. The van der Waals surface area contributed by atoms with Crippen molar-refractivity contribution in [1.29, 1.82) is 0 Å². The molecular formula is C27H23N2O2+. The van der Waals surface area contributed by atoms with Crippen LogP contribution < -0.4 is 4.68 Å². The van der Waals surface area contributed by atoms with Gasteiger partial charge >= 0.3 is 11.7 Å². The molecule has 0 aliphatic rings. The molecule has 0 bridgehead atoms. The molecule has 4 rings (SSSR count). The number of pyridine rings is 1. The Morgan fingerprint density at radius 2 is 1.39 bits per heavy atom.